The van der Waals surface area contributed by atoms with Gasteiger partial charge < -0.3 is 24.7 Å². The van der Waals surface area contributed by atoms with E-state index in [0.29, 0.717) is 40.7 Å². The van der Waals surface area contributed by atoms with E-state index in [2.05, 4.69) is 10.3 Å². The zero-order chi connectivity index (χ0) is 30.1. The molecule has 6 rings (SSSR count). The summed E-state index contributed by atoms with van der Waals surface area (Å²) in [6, 6.07) is 30.5. The van der Waals surface area contributed by atoms with E-state index >= 15 is 0 Å². The van der Waals surface area contributed by atoms with Gasteiger partial charge in [-0.2, -0.15) is 0 Å². The Balaban J connectivity index is 1.49. The van der Waals surface area contributed by atoms with Gasteiger partial charge in [-0.15, -0.1) is 0 Å². The molecule has 43 heavy (non-hydrogen) atoms. The number of amides is 1. The summed E-state index contributed by atoms with van der Waals surface area (Å²) in [6.45, 7) is 2.37. The highest BCUT2D eigenvalue weighted by Crippen LogP contribution is 2.41. The molecule has 7 heteroatoms. The molecule has 2 heterocycles. The lowest BCUT2D eigenvalue weighted by atomic mass is 9.85. The average Bonchev–Trinajstić information content (AvgIpc) is 3.40. The van der Waals surface area contributed by atoms with Gasteiger partial charge in [-0.1, -0.05) is 72.3 Å². The zero-order valence-electron chi connectivity index (χ0n) is 24.3. The highest BCUT2D eigenvalue weighted by molar-refractivity contribution is 5.97. The maximum atomic E-state index is 14.0. The van der Waals surface area contributed by atoms with Crippen LogP contribution in [0.1, 0.15) is 44.2 Å². The largest absolute Gasteiger partial charge is 0.507 e. The van der Waals surface area contributed by atoms with Crippen molar-refractivity contribution >= 4 is 27.7 Å². The second-order valence-corrected chi connectivity index (χ2v) is 10.8. The molecule has 0 radical (unpaired) electrons. The Labute approximate surface area is 249 Å². The number of ether oxygens (including phenoxy) is 1. The van der Waals surface area contributed by atoms with E-state index in [1.807, 2.05) is 85.8 Å². The zero-order valence-corrected chi connectivity index (χ0v) is 24.3. The number of pyridine rings is 1. The number of aromatic hydroxyl groups is 1. The lowest BCUT2D eigenvalue weighted by Gasteiger charge is -2.22. The highest BCUT2D eigenvalue weighted by Gasteiger charge is 2.30. The molecule has 1 atom stereocenters. The summed E-state index contributed by atoms with van der Waals surface area (Å²) in [5, 5.41) is 16.3. The number of rotatable bonds is 8. The van der Waals surface area contributed by atoms with Gasteiger partial charge in [0.15, 0.2) is 0 Å². The maximum absolute atomic E-state index is 14.0. The number of methoxy groups -OCH3 is 1. The molecular formula is C36H33N3O4. The predicted molar refractivity (Wildman–Crippen MR) is 170 cm³/mol. The van der Waals surface area contributed by atoms with Crippen LogP contribution in [0.5, 0.6) is 11.5 Å². The van der Waals surface area contributed by atoms with Crippen LogP contribution < -0.4 is 15.6 Å². The fourth-order valence-electron chi connectivity index (χ4n) is 5.96. The van der Waals surface area contributed by atoms with Crippen LogP contribution in [0.4, 0.5) is 0 Å². The quantitative estimate of drug-likeness (QED) is 0.203. The first-order valence-electron chi connectivity index (χ1n) is 14.3. The molecule has 0 fully saturated rings. The van der Waals surface area contributed by atoms with Crippen molar-refractivity contribution in [3.8, 4) is 11.5 Å². The molecule has 1 amide bonds. The van der Waals surface area contributed by atoms with Gasteiger partial charge in [0.05, 0.1) is 29.7 Å². The van der Waals surface area contributed by atoms with E-state index in [4.69, 9.17) is 4.74 Å². The molecule has 0 saturated heterocycles. The van der Waals surface area contributed by atoms with Crippen molar-refractivity contribution in [2.45, 2.75) is 19.3 Å². The number of carbonyl (C=O) groups excluding carboxylic acids is 1. The Kier molecular flexibility index (Phi) is 7.47. The fourth-order valence-corrected chi connectivity index (χ4v) is 5.96. The van der Waals surface area contributed by atoms with Crippen molar-refractivity contribution in [2.75, 3.05) is 13.7 Å². The number of para-hydroxylation sites is 3. The Morgan fingerprint density at radius 3 is 2.37 bits per heavy atom. The van der Waals surface area contributed by atoms with Crippen molar-refractivity contribution < 1.29 is 14.6 Å². The first-order chi connectivity index (χ1) is 20.9. The number of aromatic nitrogens is 2. The van der Waals surface area contributed by atoms with E-state index < -0.39 is 5.92 Å². The molecule has 0 aliphatic carbocycles. The second kappa shape index (κ2) is 11.5. The highest BCUT2D eigenvalue weighted by atomic mass is 16.5. The molecule has 6 aromatic rings. The van der Waals surface area contributed by atoms with Crippen LogP contribution in [-0.4, -0.2) is 34.2 Å². The van der Waals surface area contributed by atoms with Crippen LogP contribution in [0, 0.1) is 6.92 Å². The van der Waals surface area contributed by atoms with Crippen LogP contribution in [0.15, 0.2) is 102 Å². The molecular weight excluding hydrogens is 538 g/mol. The number of aromatic amines is 1. The number of nitrogens with one attached hydrogen (secondary N) is 2. The van der Waals surface area contributed by atoms with Gasteiger partial charge in [0.1, 0.15) is 11.5 Å². The number of benzene rings is 4. The number of hydrogen-bond donors (Lipinski definition) is 3. The van der Waals surface area contributed by atoms with Crippen molar-refractivity contribution in [3.05, 3.63) is 141 Å². The Morgan fingerprint density at radius 1 is 0.930 bits per heavy atom. The van der Waals surface area contributed by atoms with E-state index in [0.717, 1.165) is 33.3 Å². The van der Waals surface area contributed by atoms with Gasteiger partial charge in [-0.05, 0) is 54.8 Å². The topological polar surface area (TPSA) is 96.3 Å². The lowest BCUT2D eigenvalue weighted by molar-refractivity contribution is 0.0951. The van der Waals surface area contributed by atoms with E-state index in [1.165, 1.54) is 0 Å². The lowest BCUT2D eigenvalue weighted by Crippen LogP contribution is -2.27. The number of nitrogens with zero attached hydrogens (tertiary/aromatic N) is 1. The molecule has 4 aromatic carbocycles. The van der Waals surface area contributed by atoms with Gasteiger partial charge in [0.25, 0.3) is 11.5 Å². The summed E-state index contributed by atoms with van der Waals surface area (Å²) in [7, 11) is 3.28. The number of H-pyrrole nitrogens is 1. The van der Waals surface area contributed by atoms with E-state index in [9.17, 15) is 14.7 Å². The summed E-state index contributed by atoms with van der Waals surface area (Å²) in [5.41, 5.74) is 5.81. The summed E-state index contributed by atoms with van der Waals surface area (Å²) in [4.78, 5) is 30.7. The first-order valence-corrected chi connectivity index (χ1v) is 14.3. The van der Waals surface area contributed by atoms with Gasteiger partial charge >= 0.3 is 0 Å². The summed E-state index contributed by atoms with van der Waals surface area (Å²) in [6.07, 6.45) is 0.497. The molecule has 2 aromatic heterocycles. The third-order valence-corrected chi connectivity index (χ3v) is 8.16. The summed E-state index contributed by atoms with van der Waals surface area (Å²) in [5.74, 6) is -0.334. The van der Waals surface area contributed by atoms with Crippen LogP contribution in [0.2, 0.25) is 0 Å². The molecule has 0 saturated carbocycles. The van der Waals surface area contributed by atoms with Gasteiger partial charge in [-0.25, -0.2) is 0 Å². The predicted octanol–water partition coefficient (Wildman–Crippen LogP) is 6.20. The average molecular weight is 572 g/mol. The molecule has 0 aliphatic heterocycles. The minimum absolute atomic E-state index is 0.0293. The van der Waals surface area contributed by atoms with Crippen LogP contribution >= 0.6 is 0 Å². The van der Waals surface area contributed by atoms with Crippen LogP contribution in [0.25, 0.3) is 21.8 Å². The third kappa shape index (κ3) is 5.03. The monoisotopic (exact) mass is 571 g/mol. The Bertz CT molecular complexity index is 2020. The molecule has 7 nitrogen and oxygen atoms in total. The molecule has 216 valence electrons. The normalized spacial score (nSPS) is 12.0. The van der Waals surface area contributed by atoms with Crippen molar-refractivity contribution in [2.24, 2.45) is 7.05 Å². The molecule has 0 aliphatic rings. The van der Waals surface area contributed by atoms with Gasteiger partial charge in [-0.3, -0.25) is 9.59 Å². The molecule has 1 unspecified atom stereocenters. The number of aryl methyl sites for hydroxylation is 2. The minimum Gasteiger partial charge on any atom is -0.507 e. The standard InChI is InChI=1S/C36H33N3O4/c1-22-16-18-23(19-17-22)31(32-34(40)26-11-5-8-14-29(26)39(2)36(32)42)33-25(24-10-4-7-13-28(24)38-33)20-21-37-35(41)27-12-6-9-15-30(27)43-3/h4-19,31,38,40H,20-21H2,1-3H3,(H,37,41). The number of hydrogen-bond acceptors (Lipinski definition) is 4. The summed E-state index contributed by atoms with van der Waals surface area (Å²) < 4.78 is 6.97. The fraction of sp³-hybridized carbons (Fsp3) is 0.167. The number of fused-ring (bicyclic) bond motifs is 2. The molecule has 3 N–H and O–H groups in total. The van der Waals surface area contributed by atoms with Crippen molar-refractivity contribution in [1.82, 2.24) is 14.9 Å². The smallest absolute Gasteiger partial charge is 0.258 e. The summed E-state index contributed by atoms with van der Waals surface area (Å²) >= 11 is 0. The Morgan fingerprint density at radius 2 is 1.60 bits per heavy atom. The van der Waals surface area contributed by atoms with Crippen molar-refractivity contribution in [1.29, 1.82) is 0 Å². The maximum Gasteiger partial charge on any atom is 0.258 e. The second-order valence-electron chi connectivity index (χ2n) is 10.8. The number of carbonyl (C=O) groups is 1. The molecule has 0 spiro atoms. The van der Waals surface area contributed by atoms with Crippen molar-refractivity contribution in [3.63, 3.8) is 0 Å². The third-order valence-electron chi connectivity index (χ3n) is 8.16. The van der Waals surface area contributed by atoms with E-state index in [-0.39, 0.29) is 17.2 Å². The Hall–Kier alpha value is -5.30. The van der Waals surface area contributed by atoms with Crippen LogP contribution in [-0.2, 0) is 13.5 Å². The van der Waals surface area contributed by atoms with Gasteiger partial charge in [0, 0.05) is 35.6 Å². The van der Waals surface area contributed by atoms with Gasteiger partial charge in [0.2, 0.25) is 0 Å². The molecule has 0 bridgehead atoms. The first kappa shape index (κ1) is 27.8. The van der Waals surface area contributed by atoms with E-state index in [1.54, 1.807) is 36.9 Å². The minimum atomic E-state index is -0.587. The van der Waals surface area contributed by atoms with Crippen LogP contribution in [0.3, 0.4) is 0 Å². The SMILES string of the molecule is COc1ccccc1C(=O)NCCc1c(C(c2ccc(C)cc2)c2c(O)c3ccccc3n(C)c2=O)[nH]c2ccccc12.